The highest BCUT2D eigenvalue weighted by atomic mass is 79.9. The molecule has 0 amide bonds. The molecule has 0 aliphatic heterocycles. The molecule has 1 aromatic carbocycles. The molecule has 0 atom stereocenters. The van der Waals surface area contributed by atoms with Crippen LogP contribution in [0.25, 0.3) is 0 Å². The van der Waals surface area contributed by atoms with Gasteiger partial charge in [-0.05, 0) is 30.3 Å². The van der Waals surface area contributed by atoms with Crippen molar-refractivity contribution >= 4 is 27.5 Å². The molecule has 0 spiro atoms. The van der Waals surface area contributed by atoms with Crippen LogP contribution < -0.4 is 10.1 Å². The Hall–Kier alpha value is -1.10. The highest BCUT2D eigenvalue weighted by Gasteiger charge is 2.05. The van der Waals surface area contributed by atoms with Crippen LogP contribution in [0.15, 0.2) is 40.9 Å². The van der Waals surface area contributed by atoms with Gasteiger partial charge in [-0.15, -0.1) is 0 Å². The van der Waals surface area contributed by atoms with E-state index in [1.165, 1.54) is 0 Å². The van der Waals surface area contributed by atoms with Gasteiger partial charge in [0.15, 0.2) is 0 Å². The lowest BCUT2D eigenvalue weighted by atomic mass is 10.2. The molecule has 3 nitrogen and oxygen atoms in total. The van der Waals surface area contributed by atoms with Crippen LogP contribution in [-0.2, 0) is 13.2 Å². The zero-order chi connectivity index (χ0) is 14.4. The fraction of sp³-hybridized carbons (Fsp3) is 0.267. The van der Waals surface area contributed by atoms with Crippen LogP contribution >= 0.6 is 27.5 Å². The Morgan fingerprint density at radius 2 is 1.95 bits per heavy atom. The lowest BCUT2D eigenvalue weighted by molar-refractivity contribution is 0.293. The van der Waals surface area contributed by atoms with Crippen molar-refractivity contribution in [2.75, 3.05) is 6.54 Å². The molecule has 0 fully saturated rings. The quantitative estimate of drug-likeness (QED) is 0.844. The van der Waals surface area contributed by atoms with Gasteiger partial charge in [0, 0.05) is 17.1 Å². The van der Waals surface area contributed by atoms with E-state index in [0.717, 1.165) is 22.3 Å². The van der Waals surface area contributed by atoms with Crippen LogP contribution in [0.2, 0.25) is 5.02 Å². The van der Waals surface area contributed by atoms with Gasteiger partial charge in [-0.25, -0.2) is 4.98 Å². The average molecular weight is 356 g/mol. The second-order valence-corrected chi connectivity index (χ2v) is 5.60. The molecule has 0 aliphatic carbocycles. The van der Waals surface area contributed by atoms with Crippen molar-refractivity contribution in [3.63, 3.8) is 0 Å². The Bertz CT molecular complexity index is 560. The average Bonchev–Trinajstić information content (AvgIpc) is 2.46. The van der Waals surface area contributed by atoms with Gasteiger partial charge in [0.05, 0.1) is 10.7 Å². The van der Waals surface area contributed by atoms with E-state index in [-0.39, 0.29) is 0 Å². The van der Waals surface area contributed by atoms with Gasteiger partial charge in [-0.3, -0.25) is 0 Å². The minimum absolute atomic E-state index is 0.489. The molecule has 5 heteroatoms. The van der Waals surface area contributed by atoms with Crippen molar-refractivity contribution in [2.24, 2.45) is 0 Å². The summed E-state index contributed by atoms with van der Waals surface area (Å²) in [5.41, 5.74) is 1.90. The Balaban J connectivity index is 2.00. The molecule has 0 saturated carbocycles. The van der Waals surface area contributed by atoms with E-state index >= 15 is 0 Å². The Kier molecular flexibility index (Phi) is 5.83. The van der Waals surface area contributed by atoms with Gasteiger partial charge in [-0.2, -0.15) is 0 Å². The van der Waals surface area contributed by atoms with Gasteiger partial charge in [-0.1, -0.05) is 46.6 Å². The standard InChI is InChI=1S/C15H16BrClN2O/c1-2-18-9-14-13(17)7-8-15(19-14)20-10-11-3-5-12(16)6-4-11/h3-8,18H,2,9-10H2,1H3. The second kappa shape index (κ2) is 7.62. The third-order valence-corrected chi connectivity index (χ3v) is 3.61. The molecule has 0 radical (unpaired) electrons. The normalized spacial score (nSPS) is 10.6. The number of halogens is 2. The molecule has 20 heavy (non-hydrogen) atoms. The molecule has 0 bridgehead atoms. The summed E-state index contributed by atoms with van der Waals surface area (Å²) in [4.78, 5) is 4.42. The highest BCUT2D eigenvalue weighted by molar-refractivity contribution is 9.10. The molecule has 1 N–H and O–H groups in total. The van der Waals surface area contributed by atoms with E-state index in [1.54, 1.807) is 6.07 Å². The first-order valence-corrected chi connectivity index (χ1v) is 7.59. The molecule has 2 aromatic rings. The van der Waals surface area contributed by atoms with Crippen LogP contribution in [0.3, 0.4) is 0 Å². The summed E-state index contributed by atoms with van der Waals surface area (Å²) in [6.45, 7) is 4.05. The lowest BCUT2D eigenvalue weighted by Gasteiger charge is -2.09. The van der Waals surface area contributed by atoms with E-state index in [2.05, 4.69) is 26.2 Å². The molecular formula is C15H16BrClN2O. The summed E-state index contributed by atoms with van der Waals surface area (Å²) in [6, 6.07) is 11.6. The maximum absolute atomic E-state index is 6.10. The van der Waals surface area contributed by atoms with Crippen molar-refractivity contribution in [1.29, 1.82) is 0 Å². The molecule has 0 saturated heterocycles. The van der Waals surface area contributed by atoms with Gasteiger partial charge < -0.3 is 10.1 Å². The van der Waals surface area contributed by atoms with Crippen LogP contribution in [0.5, 0.6) is 5.88 Å². The number of hydrogen-bond donors (Lipinski definition) is 1. The Morgan fingerprint density at radius 1 is 1.20 bits per heavy atom. The van der Waals surface area contributed by atoms with Crippen molar-refractivity contribution in [3.05, 3.63) is 57.2 Å². The third-order valence-electron chi connectivity index (χ3n) is 2.74. The molecule has 2 rings (SSSR count). The minimum Gasteiger partial charge on any atom is -0.473 e. The fourth-order valence-electron chi connectivity index (χ4n) is 1.65. The van der Waals surface area contributed by atoms with Crippen LogP contribution in [0.1, 0.15) is 18.2 Å². The first-order valence-electron chi connectivity index (χ1n) is 6.42. The Labute approximate surface area is 132 Å². The van der Waals surface area contributed by atoms with Gasteiger partial charge in [0.25, 0.3) is 0 Å². The fourth-order valence-corrected chi connectivity index (χ4v) is 2.09. The predicted molar refractivity (Wildman–Crippen MR) is 85.1 cm³/mol. The molecule has 106 valence electrons. The maximum Gasteiger partial charge on any atom is 0.213 e. The Morgan fingerprint density at radius 3 is 2.65 bits per heavy atom. The summed E-state index contributed by atoms with van der Waals surface area (Å²) in [6.07, 6.45) is 0. The summed E-state index contributed by atoms with van der Waals surface area (Å²) in [5.74, 6) is 0.588. The van der Waals surface area contributed by atoms with Crippen molar-refractivity contribution in [3.8, 4) is 5.88 Å². The predicted octanol–water partition coefficient (Wildman–Crippen LogP) is 4.19. The molecular weight excluding hydrogens is 340 g/mol. The van der Waals surface area contributed by atoms with Gasteiger partial charge in [0.1, 0.15) is 6.61 Å². The first kappa shape index (κ1) is 15.3. The number of benzene rings is 1. The van der Waals surface area contributed by atoms with Gasteiger partial charge in [0.2, 0.25) is 5.88 Å². The summed E-state index contributed by atoms with van der Waals surface area (Å²) < 4.78 is 6.75. The van der Waals surface area contributed by atoms with Crippen LogP contribution in [0, 0.1) is 0 Å². The first-order chi connectivity index (χ1) is 9.69. The molecule has 0 aliphatic rings. The molecule has 0 unspecified atom stereocenters. The van der Waals surface area contributed by atoms with E-state index in [4.69, 9.17) is 16.3 Å². The smallest absolute Gasteiger partial charge is 0.213 e. The third kappa shape index (κ3) is 4.47. The minimum atomic E-state index is 0.489. The summed E-state index contributed by atoms with van der Waals surface area (Å²) in [5, 5.41) is 3.86. The number of pyridine rings is 1. The van der Waals surface area contributed by atoms with E-state index < -0.39 is 0 Å². The van der Waals surface area contributed by atoms with Crippen molar-refractivity contribution < 1.29 is 4.74 Å². The molecule has 1 aromatic heterocycles. The highest BCUT2D eigenvalue weighted by Crippen LogP contribution is 2.19. The zero-order valence-electron chi connectivity index (χ0n) is 11.2. The van der Waals surface area contributed by atoms with E-state index in [1.807, 2.05) is 37.3 Å². The number of nitrogens with zero attached hydrogens (tertiary/aromatic N) is 1. The van der Waals surface area contributed by atoms with E-state index in [0.29, 0.717) is 24.1 Å². The number of rotatable bonds is 6. The number of ether oxygens (including phenoxy) is 1. The topological polar surface area (TPSA) is 34.2 Å². The number of hydrogen-bond acceptors (Lipinski definition) is 3. The largest absolute Gasteiger partial charge is 0.473 e. The summed E-state index contributed by atoms with van der Waals surface area (Å²) in [7, 11) is 0. The molecule has 1 heterocycles. The van der Waals surface area contributed by atoms with Crippen molar-refractivity contribution in [2.45, 2.75) is 20.1 Å². The number of aromatic nitrogens is 1. The van der Waals surface area contributed by atoms with Crippen LogP contribution in [-0.4, -0.2) is 11.5 Å². The SMILES string of the molecule is CCNCc1nc(OCc2ccc(Br)cc2)ccc1Cl. The van der Waals surface area contributed by atoms with Crippen LogP contribution in [0.4, 0.5) is 0 Å². The lowest BCUT2D eigenvalue weighted by Crippen LogP contribution is -2.13. The number of nitrogens with one attached hydrogen (secondary N) is 1. The van der Waals surface area contributed by atoms with Crippen molar-refractivity contribution in [1.82, 2.24) is 10.3 Å². The maximum atomic E-state index is 6.10. The monoisotopic (exact) mass is 354 g/mol. The zero-order valence-corrected chi connectivity index (χ0v) is 13.5. The van der Waals surface area contributed by atoms with Gasteiger partial charge >= 0.3 is 0 Å². The second-order valence-electron chi connectivity index (χ2n) is 4.27. The summed E-state index contributed by atoms with van der Waals surface area (Å²) >= 11 is 9.51. The van der Waals surface area contributed by atoms with E-state index in [9.17, 15) is 0 Å².